The molecule has 2 rings (SSSR count). The van der Waals surface area contributed by atoms with E-state index in [1.54, 1.807) is 0 Å². The van der Waals surface area contributed by atoms with Crippen LogP contribution in [0, 0.1) is 5.92 Å². The lowest BCUT2D eigenvalue weighted by Crippen LogP contribution is -2.17. The molecule has 0 aromatic heterocycles. The zero-order chi connectivity index (χ0) is 13.0. The number of benzene rings is 1. The van der Waals surface area contributed by atoms with Crippen molar-refractivity contribution < 1.29 is 4.74 Å². The number of ether oxygens (including phenoxy) is 1. The second-order valence-electron chi connectivity index (χ2n) is 5.74. The van der Waals surface area contributed by atoms with Crippen LogP contribution >= 0.6 is 0 Å². The van der Waals surface area contributed by atoms with Crippen molar-refractivity contribution in [1.29, 1.82) is 0 Å². The van der Waals surface area contributed by atoms with Crippen molar-refractivity contribution in [3.8, 4) is 5.75 Å². The first-order valence-electron chi connectivity index (χ1n) is 7.18. The molecule has 1 aliphatic carbocycles. The van der Waals surface area contributed by atoms with Gasteiger partial charge in [0.05, 0.1) is 6.61 Å². The van der Waals surface area contributed by atoms with Gasteiger partial charge in [-0.2, -0.15) is 0 Å². The highest BCUT2D eigenvalue weighted by atomic mass is 16.5. The standard InChI is InChI=1S/C16H25NO/c1-12(2)5-4-10-18-14-9-8-13-6-3-7-16(17)15(13)11-14/h8-9,11-12,16H,3-7,10,17H2,1-2H3/t16-/m0/s1. The lowest BCUT2D eigenvalue weighted by molar-refractivity contribution is 0.297. The summed E-state index contributed by atoms with van der Waals surface area (Å²) < 4.78 is 5.82. The van der Waals surface area contributed by atoms with Crippen LogP contribution in [-0.4, -0.2) is 6.61 Å². The van der Waals surface area contributed by atoms with Gasteiger partial charge in [-0.15, -0.1) is 0 Å². The van der Waals surface area contributed by atoms with Crippen molar-refractivity contribution in [2.45, 2.75) is 52.0 Å². The van der Waals surface area contributed by atoms with Crippen molar-refractivity contribution in [3.63, 3.8) is 0 Å². The second kappa shape index (κ2) is 6.24. The monoisotopic (exact) mass is 247 g/mol. The fraction of sp³-hybridized carbons (Fsp3) is 0.625. The Bertz CT molecular complexity index is 387. The summed E-state index contributed by atoms with van der Waals surface area (Å²) in [7, 11) is 0. The first-order chi connectivity index (χ1) is 8.66. The maximum atomic E-state index is 6.15. The third kappa shape index (κ3) is 3.49. The van der Waals surface area contributed by atoms with Gasteiger partial charge in [-0.3, -0.25) is 0 Å². The van der Waals surface area contributed by atoms with Crippen LogP contribution in [-0.2, 0) is 6.42 Å². The summed E-state index contributed by atoms with van der Waals surface area (Å²) >= 11 is 0. The van der Waals surface area contributed by atoms with E-state index in [0.29, 0.717) is 0 Å². The third-order valence-corrected chi connectivity index (χ3v) is 3.67. The molecular weight excluding hydrogens is 222 g/mol. The maximum Gasteiger partial charge on any atom is 0.119 e. The van der Waals surface area contributed by atoms with Gasteiger partial charge in [-0.25, -0.2) is 0 Å². The van der Waals surface area contributed by atoms with Gasteiger partial charge in [0.25, 0.3) is 0 Å². The molecule has 0 heterocycles. The zero-order valence-corrected chi connectivity index (χ0v) is 11.6. The SMILES string of the molecule is CC(C)CCCOc1ccc2c(c1)[C@@H](N)CCC2. The zero-order valence-electron chi connectivity index (χ0n) is 11.6. The molecule has 0 amide bonds. The molecule has 0 aliphatic heterocycles. The fourth-order valence-electron chi connectivity index (χ4n) is 2.59. The fourth-order valence-corrected chi connectivity index (χ4v) is 2.59. The number of aryl methyl sites for hydroxylation is 1. The lowest BCUT2D eigenvalue weighted by Gasteiger charge is -2.22. The minimum atomic E-state index is 0.202. The molecule has 0 bridgehead atoms. The molecule has 2 N–H and O–H groups in total. The number of nitrogens with two attached hydrogens (primary N) is 1. The molecule has 0 unspecified atom stereocenters. The van der Waals surface area contributed by atoms with Gasteiger partial charge in [-0.1, -0.05) is 19.9 Å². The van der Waals surface area contributed by atoms with Gasteiger partial charge in [0.2, 0.25) is 0 Å². The number of hydrogen-bond acceptors (Lipinski definition) is 2. The molecule has 1 aromatic rings. The summed E-state index contributed by atoms with van der Waals surface area (Å²) in [5, 5.41) is 0. The highest BCUT2D eigenvalue weighted by Crippen LogP contribution is 2.30. The highest BCUT2D eigenvalue weighted by Gasteiger charge is 2.17. The number of hydrogen-bond donors (Lipinski definition) is 1. The van der Waals surface area contributed by atoms with E-state index >= 15 is 0 Å². The summed E-state index contributed by atoms with van der Waals surface area (Å²) in [6, 6.07) is 6.63. The third-order valence-electron chi connectivity index (χ3n) is 3.67. The predicted molar refractivity (Wildman–Crippen MR) is 75.9 cm³/mol. The van der Waals surface area contributed by atoms with E-state index in [1.165, 1.54) is 24.0 Å². The van der Waals surface area contributed by atoms with Crippen LogP contribution in [0.3, 0.4) is 0 Å². The minimum absolute atomic E-state index is 0.202. The molecule has 1 atom stereocenters. The first kappa shape index (κ1) is 13.4. The first-order valence-corrected chi connectivity index (χ1v) is 7.18. The lowest BCUT2D eigenvalue weighted by atomic mass is 9.88. The molecule has 100 valence electrons. The van der Waals surface area contributed by atoms with Gasteiger partial charge in [0.1, 0.15) is 5.75 Å². The van der Waals surface area contributed by atoms with E-state index in [9.17, 15) is 0 Å². The van der Waals surface area contributed by atoms with E-state index in [4.69, 9.17) is 10.5 Å². The smallest absolute Gasteiger partial charge is 0.119 e. The Kier molecular flexibility index (Phi) is 4.65. The van der Waals surface area contributed by atoms with E-state index in [0.717, 1.165) is 37.5 Å². The molecule has 0 saturated heterocycles. The summed E-state index contributed by atoms with van der Waals surface area (Å²) in [5.74, 6) is 1.74. The average molecular weight is 247 g/mol. The van der Waals surface area contributed by atoms with Crippen LogP contribution in [0.15, 0.2) is 18.2 Å². The van der Waals surface area contributed by atoms with Crippen LogP contribution in [0.1, 0.15) is 56.7 Å². The Morgan fingerprint density at radius 1 is 1.39 bits per heavy atom. The normalized spacial score (nSPS) is 18.8. The van der Waals surface area contributed by atoms with Gasteiger partial charge in [0.15, 0.2) is 0 Å². The quantitative estimate of drug-likeness (QED) is 0.802. The number of fused-ring (bicyclic) bond motifs is 1. The van der Waals surface area contributed by atoms with Crippen LogP contribution in [0.4, 0.5) is 0 Å². The Labute approximate surface area is 111 Å². The van der Waals surface area contributed by atoms with E-state index in [1.807, 2.05) is 0 Å². The Morgan fingerprint density at radius 2 is 2.22 bits per heavy atom. The van der Waals surface area contributed by atoms with E-state index in [-0.39, 0.29) is 6.04 Å². The maximum absolute atomic E-state index is 6.15. The Morgan fingerprint density at radius 3 is 3.00 bits per heavy atom. The average Bonchev–Trinajstić information content (AvgIpc) is 2.35. The largest absolute Gasteiger partial charge is 0.494 e. The van der Waals surface area contributed by atoms with Crippen molar-refractivity contribution in [1.82, 2.24) is 0 Å². The van der Waals surface area contributed by atoms with Crippen LogP contribution in [0.5, 0.6) is 5.75 Å². The van der Waals surface area contributed by atoms with E-state index in [2.05, 4.69) is 32.0 Å². The molecule has 2 heteroatoms. The molecule has 0 saturated carbocycles. The van der Waals surface area contributed by atoms with Crippen LogP contribution < -0.4 is 10.5 Å². The molecular formula is C16H25NO. The van der Waals surface area contributed by atoms with Gasteiger partial charge in [0, 0.05) is 6.04 Å². The topological polar surface area (TPSA) is 35.2 Å². The Hall–Kier alpha value is -1.02. The molecule has 1 aliphatic rings. The van der Waals surface area contributed by atoms with Gasteiger partial charge < -0.3 is 10.5 Å². The summed E-state index contributed by atoms with van der Waals surface area (Å²) in [6.45, 7) is 5.31. The highest BCUT2D eigenvalue weighted by molar-refractivity contribution is 5.39. The predicted octanol–water partition coefficient (Wildman–Crippen LogP) is 3.84. The molecule has 18 heavy (non-hydrogen) atoms. The van der Waals surface area contributed by atoms with Crippen molar-refractivity contribution in [2.24, 2.45) is 11.7 Å². The molecule has 0 radical (unpaired) electrons. The van der Waals surface area contributed by atoms with Crippen molar-refractivity contribution in [3.05, 3.63) is 29.3 Å². The minimum Gasteiger partial charge on any atom is -0.494 e. The van der Waals surface area contributed by atoms with Crippen molar-refractivity contribution in [2.75, 3.05) is 6.61 Å². The van der Waals surface area contributed by atoms with Gasteiger partial charge >= 0.3 is 0 Å². The molecule has 1 aromatic carbocycles. The molecule has 2 nitrogen and oxygen atoms in total. The molecule has 0 fully saturated rings. The molecule has 0 spiro atoms. The van der Waals surface area contributed by atoms with Gasteiger partial charge in [-0.05, 0) is 61.3 Å². The number of rotatable bonds is 5. The summed E-state index contributed by atoms with van der Waals surface area (Å²) in [5.41, 5.74) is 8.85. The Balaban J connectivity index is 1.92. The summed E-state index contributed by atoms with van der Waals surface area (Å²) in [6.07, 6.45) is 5.83. The van der Waals surface area contributed by atoms with E-state index < -0.39 is 0 Å². The second-order valence-corrected chi connectivity index (χ2v) is 5.74. The summed E-state index contributed by atoms with van der Waals surface area (Å²) in [4.78, 5) is 0. The van der Waals surface area contributed by atoms with Crippen molar-refractivity contribution >= 4 is 0 Å². The van der Waals surface area contributed by atoms with Crippen LogP contribution in [0.25, 0.3) is 0 Å². The van der Waals surface area contributed by atoms with Crippen LogP contribution in [0.2, 0.25) is 0 Å².